The first-order valence-electron chi connectivity index (χ1n) is 6.33. The number of rotatable bonds is 4. The van der Waals surface area contributed by atoms with Gasteiger partial charge in [-0.1, -0.05) is 0 Å². The predicted molar refractivity (Wildman–Crippen MR) is 66.1 cm³/mol. The lowest BCUT2D eigenvalue weighted by Crippen LogP contribution is -2.30. The summed E-state index contributed by atoms with van der Waals surface area (Å²) in [6, 6.07) is 2.37. The van der Waals surface area contributed by atoms with Crippen LogP contribution in [0.15, 0.2) is 12.4 Å². The van der Waals surface area contributed by atoms with Gasteiger partial charge in [0.25, 0.3) is 0 Å². The second-order valence-corrected chi connectivity index (χ2v) is 4.68. The molecule has 2 aliphatic heterocycles. The lowest BCUT2D eigenvalue weighted by atomic mass is 9.95. The van der Waals surface area contributed by atoms with E-state index in [2.05, 4.69) is 27.5 Å². The molecule has 0 saturated carbocycles. The van der Waals surface area contributed by atoms with Crippen LogP contribution < -0.4 is 10.6 Å². The Balaban J connectivity index is 1.66. The fraction of sp³-hybridized carbons (Fsp3) is 0.667. The Morgan fingerprint density at radius 1 is 1.35 bits per heavy atom. The van der Waals surface area contributed by atoms with Crippen LogP contribution in [0.2, 0.25) is 0 Å². The zero-order chi connectivity index (χ0) is 11.7. The average Bonchev–Trinajstić information content (AvgIpc) is 2.92. The number of fused-ring (bicyclic) bond motifs is 2. The molecule has 2 N–H and O–H groups in total. The number of nitrogens with one attached hydrogen (secondary N) is 2. The van der Waals surface area contributed by atoms with E-state index in [-0.39, 0.29) is 0 Å². The number of hydrogen-bond acceptors (Lipinski definition) is 5. The summed E-state index contributed by atoms with van der Waals surface area (Å²) >= 11 is 0. The first kappa shape index (κ1) is 10.8. The van der Waals surface area contributed by atoms with Gasteiger partial charge in [-0.15, -0.1) is 0 Å². The molecular weight excluding hydrogens is 216 g/mol. The topological polar surface area (TPSA) is 59.1 Å². The molecule has 0 radical (unpaired) electrons. The van der Waals surface area contributed by atoms with Crippen molar-refractivity contribution < 1.29 is 4.74 Å². The van der Waals surface area contributed by atoms with E-state index in [4.69, 9.17) is 4.74 Å². The van der Waals surface area contributed by atoms with Crippen molar-refractivity contribution in [1.29, 1.82) is 0 Å². The van der Waals surface area contributed by atoms with Crippen LogP contribution in [0.3, 0.4) is 0 Å². The number of aromatic nitrogens is 2. The van der Waals surface area contributed by atoms with Crippen molar-refractivity contribution in [2.75, 3.05) is 17.2 Å². The normalized spacial score (nSPS) is 30.5. The van der Waals surface area contributed by atoms with E-state index in [9.17, 15) is 0 Å². The van der Waals surface area contributed by atoms with Gasteiger partial charge in [-0.2, -0.15) is 0 Å². The zero-order valence-corrected chi connectivity index (χ0v) is 10.0. The summed E-state index contributed by atoms with van der Waals surface area (Å²) in [6.07, 6.45) is 5.92. The maximum Gasteiger partial charge on any atom is 0.131 e. The fourth-order valence-corrected chi connectivity index (χ4v) is 2.69. The molecule has 3 unspecified atom stereocenters. The van der Waals surface area contributed by atoms with Gasteiger partial charge in [0.1, 0.15) is 18.0 Å². The molecule has 3 heterocycles. The quantitative estimate of drug-likeness (QED) is 0.829. The second-order valence-electron chi connectivity index (χ2n) is 4.68. The molecule has 0 spiro atoms. The third kappa shape index (κ3) is 2.20. The molecule has 3 atom stereocenters. The molecule has 3 rings (SSSR count). The van der Waals surface area contributed by atoms with Crippen molar-refractivity contribution in [1.82, 2.24) is 9.97 Å². The highest BCUT2D eigenvalue weighted by Crippen LogP contribution is 2.35. The van der Waals surface area contributed by atoms with Gasteiger partial charge in [0.15, 0.2) is 0 Å². The maximum absolute atomic E-state index is 5.81. The zero-order valence-electron chi connectivity index (χ0n) is 10.0. The molecule has 5 heteroatoms. The van der Waals surface area contributed by atoms with Gasteiger partial charge in [0, 0.05) is 12.6 Å². The Labute approximate surface area is 101 Å². The Bertz CT molecular complexity index is 398. The summed E-state index contributed by atoms with van der Waals surface area (Å²) in [6.45, 7) is 2.92. The Kier molecular flexibility index (Phi) is 2.84. The summed E-state index contributed by atoms with van der Waals surface area (Å²) in [5.74, 6) is 1.76. The van der Waals surface area contributed by atoms with E-state index in [1.807, 2.05) is 6.07 Å². The highest BCUT2D eigenvalue weighted by Gasteiger charge is 2.40. The predicted octanol–water partition coefficient (Wildman–Crippen LogP) is 1.64. The minimum Gasteiger partial charge on any atom is -0.373 e. The van der Waals surface area contributed by atoms with Gasteiger partial charge in [0.2, 0.25) is 0 Å². The summed E-state index contributed by atoms with van der Waals surface area (Å²) in [5, 5.41) is 6.64. The smallest absolute Gasteiger partial charge is 0.131 e. The van der Waals surface area contributed by atoms with Crippen LogP contribution in [0.25, 0.3) is 0 Å². The molecule has 0 aliphatic carbocycles. The van der Waals surface area contributed by atoms with Gasteiger partial charge in [-0.25, -0.2) is 9.97 Å². The molecule has 0 amide bonds. The van der Waals surface area contributed by atoms with Crippen LogP contribution in [0.4, 0.5) is 11.6 Å². The average molecular weight is 234 g/mol. The van der Waals surface area contributed by atoms with Gasteiger partial charge in [-0.3, -0.25) is 0 Å². The molecule has 0 aromatic carbocycles. The highest BCUT2D eigenvalue weighted by atomic mass is 16.5. The lowest BCUT2D eigenvalue weighted by Gasteiger charge is -2.20. The van der Waals surface area contributed by atoms with Crippen molar-refractivity contribution >= 4 is 11.6 Å². The SMILES string of the molecule is CCNc1cc(NC2CC3CCC2O3)ncn1. The molecule has 2 bridgehead atoms. The van der Waals surface area contributed by atoms with Crippen LogP contribution in [-0.2, 0) is 4.74 Å². The number of hydrogen-bond donors (Lipinski definition) is 2. The molecule has 2 fully saturated rings. The first-order valence-corrected chi connectivity index (χ1v) is 6.33. The van der Waals surface area contributed by atoms with Gasteiger partial charge >= 0.3 is 0 Å². The van der Waals surface area contributed by atoms with Crippen LogP contribution in [0.1, 0.15) is 26.2 Å². The van der Waals surface area contributed by atoms with Crippen molar-refractivity contribution in [3.8, 4) is 0 Å². The summed E-state index contributed by atoms with van der Waals surface area (Å²) in [7, 11) is 0. The lowest BCUT2D eigenvalue weighted by molar-refractivity contribution is 0.102. The third-order valence-corrected chi connectivity index (χ3v) is 3.46. The van der Waals surface area contributed by atoms with Crippen molar-refractivity contribution in [3.63, 3.8) is 0 Å². The van der Waals surface area contributed by atoms with E-state index < -0.39 is 0 Å². The molecular formula is C12H18N4O. The fourth-order valence-electron chi connectivity index (χ4n) is 2.69. The number of anilines is 2. The first-order chi connectivity index (χ1) is 8.35. The number of nitrogens with zero attached hydrogens (tertiary/aromatic N) is 2. The standard InChI is InChI=1S/C12H18N4O/c1-2-13-11-6-12(15-7-14-11)16-9-5-8-3-4-10(9)17-8/h6-10H,2-5H2,1H3,(H2,13,14,15,16). The van der Waals surface area contributed by atoms with Crippen molar-refractivity contribution in [2.24, 2.45) is 0 Å². The Morgan fingerprint density at radius 2 is 2.24 bits per heavy atom. The molecule has 2 aliphatic rings. The Morgan fingerprint density at radius 3 is 2.94 bits per heavy atom. The largest absolute Gasteiger partial charge is 0.373 e. The van der Waals surface area contributed by atoms with Crippen LogP contribution in [0, 0.1) is 0 Å². The summed E-state index contributed by atoms with van der Waals surface area (Å²) in [5.41, 5.74) is 0. The second kappa shape index (κ2) is 4.49. The maximum atomic E-state index is 5.81. The minimum absolute atomic E-state index is 0.373. The van der Waals surface area contributed by atoms with Gasteiger partial charge in [0.05, 0.1) is 18.2 Å². The van der Waals surface area contributed by atoms with Crippen LogP contribution >= 0.6 is 0 Å². The Hall–Kier alpha value is -1.36. The minimum atomic E-state index is 0.373. The van der Waals surface area contributed by atoms with E-state index in [0.29, 0.717) is 18.2 Å². The van der Waals surface area contributed by atoms with Crippen LogP contribution in [0.5, 0.6) is 0 Å². The number of ether oxygens (including phenoxy) is 1. The van der Waals surface area contributed by atoms with E-state index in [1.54, 1.807) is 6.33 Å². The summed E-state index contributed by atoms with van der Waals surface area (Å²) < 4.78 is 5.81. The van der Waals surface area contributed by atoms with Crippen molar-refractivity contribution in [3.05, 3.63) is 12.4 Å². The third-order valence-electron chi connectivity index (χ3n) is 3.46. The van der Waals surface area contributed by atoms with Crippen molar-refractivity contribution in [2.45, 2.75) is 44.4 Å². The van der Waals surface area contributed by atoms with E-state index in [0.717, 1.165) is 24.6 Å². The monoisotopic (exact) mass is 234 g/mol. The van der Waals surface area contributed by atoms with Gasteiger partial charge in [-0.05, 0) is 26.2 Å². The molecule has 1 aromatic rings. The molecule has 5 nitrogen and oxygen atoms in total. The van der Waals surface area contributed by atoms with Crippen LogP contribution in [-0.4, -0.2) is 34.8 Å². The molecule has 17 heavy (non-hydrogen) atoms. The molecule has 1 aromatic heterocycles. The summed E-state index contributed by atoms with van der Waals surface area (Å²) in [4.78, 5) is 8.41. The highest BCUT2D eigenvalue weighted by molar-refractivity contribution is 5.47. The molecule has 92 valence electrons. The molecule has 2 saturated heterocycles. The van der Waals surface area contributed by atoms with Gasteiger partial charge < -0.3 is 15.4 Å². The van der Waals surface area contributed by atoms with E-state index in [1.165, 1.54) is 12.8 Å². The van der Waals surface area contributed by atoms with E-state index >= 15 is 0 Å².